The summed E-state index contributed by atoms with van der Waals surface area (Å²) in [6.07, 6.45) is 0.943. The molecule has 0 radical (unpaired) electrons. The summed E-state index contributed by atoms with van der Waals surface area (Å²) in [5.41, 5.74) is 1.26. The minimum absolute atomic E-state index is 0.143. The highest BCUT2D eigenvalue weighted by Crippen LogP contribution is 2.12. The van der Waals surface area contributed by atoms with Gasteiger partial charge in [-0.05, 0) is 52.3 Å². The van der Waals surface area contributed by atoms with Gasteiger partial charge in [0, 0.05) is 16.2 Å². The SMILES string of the molecule is Cc1ccccc1S(=O)CCCNC(C)(C)C. The maximum atomic E-state index is 12.1. The molecular weight excluding hydrogens is 230 g/mol. The van der Waals surface area contributed by atoms with Crippen molar-refractivity contribution in [2.45, 2.75) is 44.6 Å². The van der Waals surface area contributed by atoms with Gasteiger partial charge in [-0.15, -0.1) is 0 Å². The molecule has 17 heavy (non-hydrogen) atoms. The first-order valence-electron chi connectivity index (χ1n) is 6.09. The lowest BCUT2D eigenvalue weighted by molar-refractivity contribution is 0.427. The average Bonchev–Trinajstić information content (AvgIpc) is 2.23. The van der Waals surface area contributed by atoms with Gasteiger partial charge < -0.3 is 5.32 Å². The Morgan fingerprint density at radius 3 is 2.47 bits per heavy atom. The van der Waals surface area contributed by atoms with Crippen LogP contribution in [0.2, 0.25) is 0 Å². The maximum absolute atomic E-state index is 12.1. The third-order valence-corrected chi connectivity index (χ3v) is 4.11. The molecule has 1 aromatic rings. The summed E-state index contributed by atoms with van der Waals surface area (Å²) in [4.78, 5) is 0.975. The number of benzene rings is 1. The van der Waals surface area contributed by atoms with Crippen LogP contribution in [0.4, 0.5) is 0 Å². The highest BCUT2D eigenvalue weighted by atomic mass is 32.2. The summed E-state index contributed by atoms with van der Waals surface area (Å²) in [5.74, 6) is 0.730. The molecule has 0 aliphatic carbocycles. The Hall–Kier alpha value is -0.670. The second-order valence-electron chi connectivity index (χ2n) is 5.35. The van der Waals surface area contributed by atoms with Gasteiger partial charge in [-0.2, -0.15) is 0 Å². The Morgan fingerprint density at radius 1 is 1.24 bits per heavy atom. The molecule has 1 atom stereocenters. The van der Waals surface area contributed by atoms with E-state index in [4.69, 9.17) is 0 Å². The van der Waals surface area contributed by atoms with Gasteiger partial charge in [0.1, 0.15) is 0 Å². The van der Waals surface area contributed by atoms with E-state index in [1.54, 1.807) is 0 Å². The van der Waals surface area contributed by atoms with Crippen molar-refractivity contribution in [2.24, 2.45) is 0 Å². The molecule has 1 N–H and O–H groups in total. The molecule has 0 aliphatic heterocycles. The third-order valence-electron chi connectivity index (χ3n) is 2.50. The molecule has 1 aromatic carbocycles. The van der Waals surface area contributed by atoms with Gasteiger partial charge in [0.05, 0.1) is 10.8 Å². The Bertz CT molecular complexity index is 382. The predicted molar refractivity (Wildman–Crippen MR) is 74.8 cm³/mol. The molecule has 1 rings (SSSR count). The minimum atomic E-state index is -0.863. The van der Waals surface area contributed by atoms with Crippen LogP contribution in [0.1, 0.15) is 32.8 Å². The van der Waals surface area contributed by atoms with E-state index in [9.17, 15) is 4.21 Å². The van der Waals surface area contributed by atoms with Crippen LogP contribution in [0.3, 0.4) is 0 Å². The number of rotatable bonds is 5. The molecular formula is C14H23NOS. The molecule has 1 unspecified atom stereocenters. The highest BCUT2D eigenvalue weighted by molar-refractivity contribution is 7.85. The van der Waals surface area contributed by atoms with Crippen molar-refractivity contribution in [3.8, 4) is 0 Å². The van der Waals surface area contributed by atoms with Gasteiger partial charge in [-0.3, -0.25) is 4.21 Å². The molecule has 0 fully saturated rings. The topological polar surface area (TPSA) is 29.1 Å². The van der Waals surface area contributed by atoms with E-state index < -0.39 is 10.8 Å². The molecule has 0 saturated carbocycles. The number of aryl methyl sites for hydroxylation is 1. The van der Waals surface area contributed by atoms with Crippen molar-refractivity contribution >= 4 is 10.8 Å². The fourth-order valence-corrected chi connectivity index (χ4v) is 2.87. The van der Waals surface area contributed by atoms with E-state index in [2.05, 4.69) is 26.1 Å². The fraction of sp³-hybridized carbons (Fsp3) is 0.571. The molecule has 0 saturated heterocycles. The Morgan fingerprint density at radius 2 is 1.88 bits per heavy atom. The van der Waals surface area contributed by atoms with Crippen molar-refractivity contribution in [3.63, 3.8) is 0 Å². The monoisotopic (exact) mass is 253 g/mol. The molecule has 0 amide bonds. The standard InChI is InChI=1S/C14H23NOS/c1-12-8-5-6-9-13(12)17(16)11-7-10-15-14(2,3)4/h5-6,8-9,15H,7,10-11H2,1-4H3. The van der Waals surface area contributed by atoms with Crippen LogP contribution in [0.5, 0.6) is 0 Å². The molecule has 0 heterocycles. The Kier molecular flexibility index (Phi) is 5.34. The number of hydrogen-bond donors (Lipinski definition) is 1. The average molecular weight is 253 g/mol. The molecule has 0 bridgehead atoms. The fourth-order valence-electron chi connectivity index (χ4n) is 1.59. The van der Waals surface area contributed by atoms with Gasteiger partial charge in [0.15, 0.2) is 0 Å². The highest BCUT2D eigenvalue weighted by Gasteiger charge is 2.09. The number of hydrogen-bond acceptors (Lipinski definition) is 2. The molecule has 2 nitrogen and oxygen atoms in total. The van der Waals surface area contributed by atoms with Crippen LogP contribution in [0.25, 0.3) is 0 Å². The lowest BCUT2D eigenvalue weighted by Crippen LogP contribution is -2.36. The van der Waals surface area contributed by atoms with E-state index in [1.165, 1.54) is 0 Å². The van der Waals surface area contributed by atoms with Gasteiger partial charge in [0.2, 0.25) is 0 Å². The lowest BCUT2D eigenvalue weighted by Gasteiger charge is -2.20. The van der Waals surface area contributed by atoms with Crippen LogP contribution in [-0.4, -0.2) is 22.0 Å². The van der Waals surface area contributed by atoms with Crippen molar-refractivity contribution in [2.75, 3.05) is 12.3 Å². The summed E-state index contributed by atoms with van der Waals surface area (Å²) < 4.78 is 12.1. The zero-order chi connectivity index (χ0) is 12.9. The smallest absolute Gasteiger partial charge is 0.0532 e. The Balaban J connectivity index is 2.39. The largest absolute Gasteiger partial charge is 0.312 e. The Labute approximate surface area is 107 Å². The first-order chi connectivity index (χ1) is 7.90. The molecule has 0 aliphatic rings. The van der Waals surface area contributed by atoms with Crippen molar-refractivity contribution < 1.29 is 4.21 Å². The van der Waals surface area contributed by atoms with Gasteiger partial charge in [-0.1, -0.05) is 18.2 Å². The van der Waals surface area contributed by atoms with E-state index in [0.29, 0.717) is 0 Å². The van der Waals surface area contributed by atoms with Crippen LogP contribution < -0.4 is 5.32 Å². The van der Waals surface area contributed by atoms with Crippen LogP contribution >= 0.6 is 0 Å². The van der Waals surface area contributed by atoms with Gasteiger partial charge in [0.25, 0.3) is 0 Å². The van der Waals surface area contributed by atoms with Gasteiger partial charge in [-0.25, -0.2) is 0 Å². The van der Waals surface area contributed by atoms with E-state index in [0.717, 1.165) is 29.2 Å². The quantitative estimate of drug-likeness (QED) is 0.818. The second kappa shape index (κ2) is 6.31. The molecule has 96 valence electrons. The minimum Gasteiger partial charge on any atom is -0.312 e. The molecule has 3 heteroatoms. The summed E-state index contributed by atoms with van der Waals surface area (Å²) in [6, 6.07) is 7.91. The normalized spacial score (nSPS) is 13.6. The molecule has 0 aromatic heterocycles. The first kappa shape index (κ1) is 14.4. The van der Waals surface area contributed by atoms with Gasteiger partial charge >= 0.3 is 0 Å². The summed E-state index contributed by atoms with van der Waals surface area (Å²) >= 11 is 0. The van der Waals surface area contributed by atoms with E-state index in [-0.39, 0.29) is 5.54 Å². The first-order valence-corrected chi connectivity index (χ1v) is 7.41. The molecule has 0 spiro atoms. The van der Waals surface area contributed by atoms with Crippen molar-refractivity contribution in [3.05, 3.63) is 29.8 Å². The maximum Gasteiger partial charge on any atom is 0.0532 e. The van der Waals surface area contributed by atoms with Crippen molar-refractivity contribution in [1.82, 2.24) is 5.32 Å². The zero-order valence-electron chi connectivity index (χ0n) is 11.2. The zero-order valence-corrected chi connectivity index (χ0v) is 12.1. The second-order valence-corrected chi connectivity index (χ2v) is 6.88. The predicted octanol–water partition coefficient (Wildman–Crippen LogP) is 2.88. The van der Waals surface area contributed by atoms with Crippen LogP contribution in [-0.2, 0) is 10.8 Å². The summed E-state index contributed by atoms with van der Waals surface area (Å²) in [6.45, 7) is 9.36. The van der Waals surface area contributed by atoms with Crippen molar-refractivity contribution in [1.29, 1.82) is 0 Å². The number of nitrogens with one attached hydrogen (secondary N) is 1. The van der Waals surface area contributed by atoms with E-state index in [1.807, 2.05) is 31.2 Å². The van der Waals surface area contributed by atoms with Crippen LogP contribution in [0.15, 0.2) is 29.2 Å². The van der Waals surface area contributed by atoms with E-state index >= 15 is 0 Å². The summed E-state index contributed by atoms with van der Waals surface area (Å²) in [5, 5.41) is 3.41. The third kappa shape index (κ3) is 5.46. The lowest BCUT2D eigenvalue weighted by atomic mass is 10.1. The van der Waals surface area contributed by atoms with Crippen LogP contribution in [0, 0.1) is 6.92 Å². The summed E-state index contributed by atoms with van der Waals surface area (Å²) in [7, 11) is -0.863.